The van der Waals surface area contributed by atoms with Gasteiger partial charge in [0.25, 0.3) is 0 Å². The molecule has 0 saturated carbocycles. The Morgan fingerprint density at radius 1 is 1.32 bits per heavy atom. The Morgan fingerprint density at radius 3 is 2.58 bits per heavy atom. The number of halogens is 2. The van der Waals surface area contributed by atoms with E-state index in [1.54, 1.807) is 0 Å². The molecule has 8 heteroatoms. The summed E-state index contributed by atoms with van der Waals surface area (Å²) in [7, 11) is 2.60. The first-order valence-electron chi connectivity index (χ1n) is 5.25. The van der Waals surface area contributed by atoms with Gasteiger partial charge in [0.15, 0.2) is 23.1 Å². The van der Waals surface area contributed by atoms with Crippen LogP contribution in [0, 0.1) is 11.6 Å². The van der Waals surface area contributed by atoms with Gasteiger partial charge in [0, 0.05) is 6.07 Å². The van der Waals surface area contributed by atoms with Crippen LogP contribution in [-0.4, -0.2) is 24.4 Å². The predicted octanol–water partition coefficient (Wildman–Crippen LogP) is 1.49. The second kappa shape index (κ2) is 5.19. The molecule has 0 aliphatic carbocycles. The van der Waals surface area contributed by atoms with Crippen molar-refractivity contribution in [1.29, 1.82) is 0 Å². The van der Waals surface area contributed by atoms with Crippen molar-refractivity contribution in [2.24, 2.45) is 5.73 Å². The van der Waals surface area contributed by atoms with E-state index in [0.717, 1.165) is 6.07 Å². The number of rotatable bonds is 4. The molecule has 0 fully saturated rings. The highest BCUT2D eigenvalue weighted by atomic mass is 19.2. The van der Waals surface area contributed by atoms with E-state index < -0.39 is 11.6 Å². The Balaban J connectivity index is 2.69. The Kier molecular flexibility index (Phi) is 3.61. The first-order chi connectivity index (χ1) is 9.12. The highest BCUT2D eigenvalue weighted by Gasteiger charge is 2.25. The lowest BCUT2D eigenvalue weighted by Crippen LogP contribution is -2.01. The molecule has 0 spiro atoms. The third-order valence-electron chi connectivity index (χ3n) is 2.43. The fraction of sp³-hybridized carbons (Fsp3) is 0.273. The normalized spacial score (nSPS) is 10.6. The van der Waals surface area contributed by atoms with Crippen LogP contribution in [0.3, 0.4) is 0 Å². The van der Waals surface area contributed by atoms with Gasteiger partial charge >= 0.3 is 0 Å². The lowest BCUT2D eigenvalue weighted by atomic mass is 10.1. The number of aromatic nitrogens is 2. The van der Waals surface area contributed by atoms with E-state index in [1.807, 2.05) is 0 Å². The molecule has 2 aromatic rings. The van der Waals surface area contributed by atoms with Gasteiger partial charge in [-0.2, -0.15) is 4.98 Å². The SMILES string of the molecule is COc1cc(F)c(F)c(-c2noc(CN)n2)c1OC. The van der Waals surface area contributed by atoms with Gasteiger partial charge in [-0.25, -0.2) is 8.78 Å². The van der Waals surface area contributed by atoms with Gasteiger partial charge in [-0.05, 0) is 0 Å². The molecule has 102 valence electrons. The van der Waals surface area contributed by atoms with Crippen molar-refractivity contribution in [3.8, 4) is 22.9 Å². The van der Waals surface area contributed by atoms with Gasteiger partial charge in [0.1, 0.15) is 5.56 Å². The molecule has 0 bridgehead atoms. The number of benzene rings is 1. The van der Waals surface area contributed by atoms with Crippen LogP contribution in [0.15, 0.2) is 10.6 Å². The molecule has 1 aromatic carbocycles. The van der Waals surface area contributed by atoms with E-state index in [0.29, 0.717) is 0 Å². The van der Waals surface area contributed by atoms with Crippen LogP contribution in [0.25, 0.3) is 11.4 Å². The summed E-state index contributed by atoms with van der Waals surface area (Å²) in [4.78, 5) is 3.84. The van der Waals surface area contributed by atoms with Crippen molar-refractivity contribution in [1.82, 2.24) is 10.1 Å². The number of nitrogens with two attached hydrogens (primary N) is 1. The summed E-state index contributed by atoms with van der Waals surface area (Å²) in [6, 6.07) is 0.877. The van der Waals surface area contributed by atoms with Crippen LogP contribution in [0.2, 0.25) is 0 Å². The molecule has 0 aliphatic heterocycles. The fourth-order valence-corrected chi connectivity index (χ4v) is 1.58. The maximum absolute atomic E-state index is 13.9. The highest BCUT2D eigenvalue weighted by molar-refractivity contribution is 5.69. The average Bonchev–Trinajstić information content (AvgIpc) is 2.89. The lowest BCUT2D eigenvalue weighted by Gasteiger charge is -2.11. The van der Waals surface area contributed by atoms with E-state index in [2.05, 4.69) is 10.1 Å². The molecule has 0 aliphatic rings. The molecule has 2 N–H and O–H groups in total. The third-order valence-corrected chi connectivity index (χ3v) is 2.43. The molecule has 0 radical (unpaired) electrons. The van der Waals surface area contributed by atoms with Crippen LogP contribution >= 0.6 is 0 Å². The quantitative estimate of drug-likeness (QED) is 0.907. The maximum Gasteiger partial charge on any atom is 0.240 e. The number of ether oxygens (including phenoxy) is 2. The molecular weight excluding hydrogens is 260 g/mol. The molecule has 1 aromatic heterocycles. The van der Waals surface area contributed by atoms with Crippen LogP contribution in [-0.2, 0) is 6.54 Å². The smallest absolute Gasteiger partial charge is 0.240 e. The van der Waals surface area contributed by atoms with Gasteiger partial charge < -0.3 is 19.7 Å². The average molecular weight is 271 g/mol. The second-order valence-electron chi connectivity index (χ2n) is 3.50. The Bertz CT molecular complexity index is 601. The van der Waals surface area contributed by atoms with Crippen LogP contribution < -0.4 is 15.2 Å². The Labute approximate surface area is 107 Å². The van der Waals surface area contributed by atoms with Gasteiger partial charge in [-0.15, -0.1) is 0 Å². The first kappa shape index (κ1) is 13.2. The largest absolute Gasteiger partial charge is 0.493 e. The zero-order chi connectivity index (χ0) is 14.0. The maximum atomic E-state index is 13.9. The minimum Gasteiger partial charge on any atom is -0.493 e. The van der Waals surface area contributed by atoms with E-state index in [4.69, 9.17) is 19.7 Å². The summed E-state index contributed by atoms with van der Waals surface area (Å²) in [5.74, 6) is -2.32. The van der Waals surface area contributed by atoms with E-state index in [-0.39, 0.29) is 35.3 Å². The fourth-order valence-electron chi connectivity index (χ4n) is 1.58. The molecule has 6 nitrogen and oxygen atoms in total. The standard InChI is InChI=1S/C11H11F2N3O3/c1-17-6-3-5(12)9(13)8(10(6)18-2)11-15-7(4-14)19-16-11/h3H,4,14H2,1-2H3. The minimum atomic E-state index is -1.15. The molecule has 0 amide bonds. The topological polar surface area (TPSA) is 83.4 Å². The summed E-state index contributed by atoms with van der Waals surface area (Å²) in [5, 5.41) is 3.53. The monoisotopic (exact) mass is 271 g/mol. The molecule has 0 atom stereocenters. The molecule has 19 heavy (non-hydrogen) atoms. The highest BCUT2D eigenvalue weighted by Crippen LogP contribution is 2.40. The van der Waals surface area contributed by atoms with E-state index in [9.17, 15) is 8.78 Å². The van der Waals surface area contributed by atoms with Crippen molar-refractivity contribution < 1.29 is 22.8 Å². The van der Waals surface area contributed by atoms with Crippen LogP contribution in [0.4, 0.5) is 8.78 Å². The molecule has 1 heterocycles. The number of hydrogen-bond donors (Lipinski definition) is 1. The van der Waals surface area contributed by atoms with Crippen LogP contribution in [0.5, 0.6) is 11.5 Å². The summed E-state index contributed by atoms with van der Waals surface area (Å²) in [6.45, 7) is -0.0105. The summed E-state index contributed by atoms with van der Waals surface area (Å²) >= 11 is 0. The molecule has 0 unspecified atom stereocenters. The second-order valence-corrected chi connectivity index (χ2v) is 3.50. The van der Waals surface area contributed by atoms with Gasteiger partial charge in [-0.1, -0.05) is 5.16 Å². The zero-order valence-corrected chi connectivity index (χ0v) is 10.2. The number of hydrogen-bond acceptors (Lipinski definition) is 6. The summed E-state index contributed by atoms with van der Waals surface area (Å²) in [5.41, 5.74) is 5.04. The number of nitrogens with zero attached hydrogens (tertiary/aromatic N) is 2. The molecule has 0 saturated heterocycles. The van der Waals surface area contributed by atoms with Crippen molar-refractivity contribution in [2.45, 2.75) is 6.54 Å². The third kappa shape index (κ3) is 2.22. The van der Waals surface area contributed by atoms with Gasteiger partial charge in [0.05, 0.1) is 20.8 Å². The minimum absolute atomic E-state index is 0.0105. The summed E-state index contributed by atoms with van der Waals surface area (Å²) in [6.07, 6.45) is 0. The Hall–Kier alpha value is -2.22. The lowest BCUT2D eigenvalue weighted by molar-refractivity contribution is 0.347. The molecular formula is C11H11F2N3O3. The zero-order valence-electron chi connectivity index (χ0n) is 10.2. The van der Waals surface area contributed by atoms with Crippen LogP contribution in [0.1, 0.15) is 5.89 Å². The van der Waals surface area contributed by atoms with E-state index in [1.165, 1.54) is 14.2 Å². The first-order valence-corrected chi connectivity index (χ1v) is 5.25. The molecule has 2 rings (SSSR count). The van der Waals surface area contributed by atoms with Crippen molar-refractivity contribution in [3.63, 3.8) is 0 Å². The van der Waals surface area contributed by atoms with E-state index >= 15 is 0 Å². The van der Waals surface area contributed by atoms with Crippen molar-refractivity contribution in [2.75, 3.05) is 14.2 Å². The Morgan fingerprint density at radius 2 is 2.05 bits per heavy atom. The summed E-state index contributed by atoms with van der Waals surface area (Å²) < 4.78 is 42.1. The van der Waals surface area contributed by atoms with Gasteiger partial charge in [0.2, 0.25) is 11.7 Å². The van der Waals surface area contributed by atoms with Crippen molar-refractivity contribution >= 4 is 0 Å². The van der Waals surface area contributed by atoms with Crippen molar-refractivity contribution in [3.05, 3.63) is 23.6 Å². The predicted molar refractivity (Wildman–Crippen MR) is 60.6 cm³/mol. The number of methoxy groups -OCH3 is 2. The van der Waals surface area contributed by atoms with Gasteiger partial charge in [-0.3, -0.25) is 0 Å².